The van der Waals surface area contributed by atoms with E-state index in [4.69, 9.17) is 16.3 Å². The smallest absolute Gasteiger partial charge is 0.337 e. The lowest BCUT2D eigenvalue weighted by molar-refractivity contribution is -0.160. The first-order chi connectivity index (χ1) is 15.7. The summed E-state index contributed by atoms with van der Waals surface area (Å²) in [4.78, 5) is 17.0. The molecule has 1 heterocycles. The molecule has 0 aliphatic carbocycles. The molecular formula is C27H27ClN2O3. The van der Waals surface area contributed by atoms with Crippen molar-refractivity contribution >= 4 is 40.1 Å². The Kier molecular flexibility index (Phi) is 6.28. The summed E-state index contributed by atoms with van der Waals surface area (Å²) in [5.41, 5.74) is 4.38. The maximum Gasteiger partial charge on any atom is 0.337 e. The van der Waals surface area contributed by atoms with Crippen molar-refractivity contribution in [3.63, 3.8) is 0 Å². The van der Waals surface area contributed by atoms with Gasteiger partial charge in [0, 0.05) is 28.6 Å². The van der Waals surface area contributed by atoms with Crippen molar-refractivity contribution in [1.29, 1.82) is 0 Å². The molecule has 0 bridgehead atoms. The van der Waals surface area contributed by atoms with Crippen LogP contribution in [-0.4, -0.2) is 29.6 Å². The van der Waals surface area contributed by atoms with Crippen LogP contribution in [0.15, 0.2) is 59.7 Å². The molecule has 1 unspecified atom stereocenters. The molecule has 0 radical (unpaired) electrons. The van der Waals surface area contributed by atoms with Crippen molar-refractivity contribution in [2.75, 3.05) is 6.67 Å². The van der Waals surface area contributed by atoms with Gasteiger partial charge in [-0.3, -0.25) is 4.99 Å². The van der Waals surface area contributed by atoms with E-state index in [1.807, 2.05) is 82.6 Å². The largest absolute Gasteiger partial charge is 0.479 e. The van der Waals surface area contributed by atoms with Gasteiger partial charge in [-0.05, 0) is 72.9 Å². The number of aliphatic carboxylic acids is 1. The second-order valence-electron chi connectivity index (χ2n) is 9.06. The topological polar surface area (TPSA) is 70.9 Å². The number of ether oxygens (including phenoxy) is 1. The minimum absolute atomic E-state index is 0.515. The first-order valence-electron chi connectivity index (χ1n) is 10.8. The Labute approximate surface area is 198 Å². The van der Waals surface area contributed by atoms with E-state index in [0.29, 0.717) is 17.3 Å². The van der Waals surface area contributed by atoms with Gasteiger partial charge in [0.1, 0.15) is 6.67 Å². The number of nitrogens with one attached hydrogen (secondary N) is 1. The maximum absolute atomic E-state index is 12.6. The van der Waals surface area contributed by atoms with E-state index in [1.165, 1.54) is 0 Å². The van der Waals surface area contributed by atoms with Crippen molar-refractivity contribution < 1.29 is 14.6 Å². The lowest BCUT2D eigenvalue weighted by Gasteiger charge is -2.30. The molecule has 5 nitrogen and oxygen atoms in total. The predicted molar refractivity (Wildman–Crippen MR) is 135 cm³/mol. The van der Waals surface area contributed by atoms with Crippen LogP contribution in [0.3, 0.4) is 0 Å². The van der Waals surface area contributed by atoms with E-state index in [9.17, 15) is 9.90 Å². The van der Waals surface area contributed by atoms with Crippen LogP contribution in [0.4, 0.5) is 0 Å². The molecule has 0 spiro atoms. The first kappa shape index (κ1) is 23.0. The summed E-state index contributed by atoms with van der Waals surface area (Å²) in [6, 6.07) is 15.5. The number of carbonyl (C=O) groups is 1. The summed E-state index contributed by atoms with van der Waals surface area (Å²) in [6.45, 7) is 8.07. The Morgan fingerprint density at radius 3 is 2.27 bits per heavy atom. The fourth-order valence-electron chi connectivity index (χ4n) is 4.33. The number of aliphatic imine (C=N–C) groups is 1. The van der Waals surface area contributed by atoms with Gasteiger partial charge < -0.3 is 15.2 Å². The predicted octanol–water partition coefficient (Wildman–Crippen LogP) is 6.38. The Balaban J connectivity index is 2.15. The normalized spacial score (nSPS) is 14.6. The zero-order valence-electron chi connectivity index (χ0n) is 19.1. The number of carboxylic acids is 1. The van der Waals surface area contributed by atoms with Gasteiger partial charge in [0.25, 0.3) is 0 Å². The van der Waals surface area contributed by atoms with Crippen molar-refractivity contribution in [2.45, 2.75) is 39.4 Å². The van der Waals surface area contributed by atoms with Gasteiger partial charge in [0.2, 0.25) is 0 Å². The molecule has 6 heteroatoms. The number of benzene rings is 3. The molecule has 0 saturated heterocycles. The Bertz CT molecular complexity index is 1270. The monoisotopic (exact) mass is 462 g/mol. The van der Waals surface area contributed by atoms with Crippen LogP contribution in [0.5, 0.6) is 0 Å². The zero-order valence-corrected chi connectivity index (χ0v) is 19.9. The highest BCUT2D eigenvalue weighted by Crippen LogP contribution is 2.44. The highest BCUT2D eigenvalue weighted by atomic mass is 35.5. The molecule has 3 aromatic rings. The minimum atomic E-state index is -1.16. The summed E-state index contributed by atoms with van der Waals surface area (Å²) in [7, 11) is 0. The lowest BCUT2D eigenvalue weighted by atomic mass is 9.82. The molecule has 3 aromatic carbocycles. The van der Waals surface area contributed by atoms with Gasteiger partial charge >= 0.3 is 5.97 Å². The van der Waals surface area contributed by atoms with Crippen molar-refractivity contribution in [1.82, 2.24) is 5.32 Å². The minimum Gasteiger partial charge on any atom is -0.479 e. The molecule has 0 amide bonds. The standard InChI is InChI=1S/C27H27ClN2O3/c1-16-22(18-13-29-15-30-14-18)20-7-5-6-8-21(20)24(17-9-11-19(28)12-10-17)23(16)25(26(31)32)33-27(2,3)4/h5-14,25,29H,15H2,1-4H3,(H,31,32). The van der Waals surface area contributed by atoms with E-state index in [0.717, 1.165) is 38.6 Å². The van der Waals surface area contributed by atoms with E-state index in [2.05, 4.69) is 16.4 Å². The van der Waals surface area contributed by atoms with Crippen LogP contribution in [0.1, 0.15) is 43.6 Å². The second-order valence-corrected chi connectivity index (χ2v) is 9.50. The number of fused-ring (bicyclic) bond motifs is 1. The van der Waals surface area contributed by atoms with Crippen molar-refractivity contribution in [3.05, 3.63) is 76.4 Å². The molecular weight excluding hydrogens is 436 g/mol. The number of carboxylic acid groups (broad SMARTS) is 1. The van der Waals surface area contributed by atoms with Crippen LogP contribution >= 0.6 is 11.6 Å². The number of allylic oxidation sites excluding steroid dienone is 1. The van der Waals surface area contributed by atoms with Crippen molar-refractivity contribution in [2.24, 2.45) is 4.99 Å². The highest BCUT2D eigenvalue weighted by molar-refractivity contribution is 6.30. The average molecular weight is 463 g/mol. The van der Waals surface area contributed by atoms with Gasteiger partial charge in [-0.15, -0.1) is 0 Å². The molecule has 4 rings (SSSR count). The number of halogens is 1. The quantitative estimate of drug-likeness (QED) is 0.461. The molecule has 33 heavy (non-hydrogen) atoms. The summed E-state index contributed by atoms with van der Waals surface area (Å²) in [5.74, 6) is -1.03. The Morgan fingerprint density at radius 1 is 1.09 bits per heavy atom. The molecule has 2 N–H and O–H groups in total. The Morgan fingerprint density at radius 2 is 1.73 bits per heavy atom. The third kappa shape index (κ3) is 4.65. The van der Waals surface area contributed by atoms with Crippen LogP contribution < -0.4 is 5.32 Å². The van der Waals surface area contributed by atoms with Crippen LogP contribution in [0, 0.1) is 6.92 Å². The summed E-state index contributed by atoms with van der Waals surface area (Å²) in [6.07, 6.45) is 2.60. The van der Waals surface area contributed by atoms with E-state index < -0.39 is 17.7 Å². The first-order valence-corrected chi connectivity index (χ1v) is 11.2. The van der Waals surface area contributed by atoms with E-state index in [-0.39, 0.29) is 0 Å². The molecule has 0 saturated carbocycles. The van der Waals surface area contributed by atoms with Gasteiger partial charge in [-0.1, -0.05) is 48.0 Å². The number of hydrogen-bond donors (Lipinski definition) is 2. The van der Waals surface area contributed by atoms with E-state index in [1.54, 1.807) is 0 Å². The SMILES string of the molecule is Cc1c(C(OC(C)(C)C)C(=O)O)c(-c2ccc(Cl)cc2)c2ccccc2c1C1=CNCN=C1. The summed E-state index contributed by atoms with van der Waals surface area (Å²) in [5, 5.41) is 16.1. The van der Waals surface area contributed by atoms with Crippen LogP contribution in [0.2, 0.25) is 5.02 Å². The van der Waals surface area contributed by atoms with Gasteiger partial charge in [0.15, 0.2) is 6.10 Å². The van der Waals surface area contributed by atoms with Crippen molar-refractivity contribution in [3.8, 4) is 11.1 Å². The summed E-state index contributed by atoms with van der Waals surface area (Å²) < 4.78 is 6.15. The molecule has 0 fully saturated rings. The zero-order chi connectivity index (χ0) is 23.8. The average Bonchev–Trinajstić information content (AvgIpc) is 2.77. The second kappa shape index (κ2) is 9.00. The number of nitrogens with zero attached hydrogens (tertiary/aromatic N) is 1. The number of rotatable bonds is 5. The fraction of sp³-hybridized carbons (Fsp3) is 0.259. The lowest BCUT2D eigenvalue weighted by Crippen LogP contribution is -2.28. The van der Waals surface area contributed by atoms with E-state index >= 15 is 0 Å². The Hall–Kier alpha value is -3.15. The van der Waals surface area contributed by atoms with Gasteiger partial charge in [0.05, 0.1) is 5.60 Å². The van der Waals surface area contributed by atoms with Crippen LogP contribution in [0.25, 0.3) is 27.5 Å². The molecule has 170 valence electrons. The molecule has 1 atom stereocenters. The van der Waals surface area contributed by atoms with Gasteiger partial charge in [-0.2, -0.15) is 0 Å². The maximum atomic E-state index is 12.6. The van der Waals surface area contributed by atoms with Gasteiger partial charge in [-0.25, -0.2) is 4.79 Å². The van der Waals surface area contributed by atoms with Crippen LogP contribution in [-0.2, 0) is 9.53 Å². The fourth-order valence-corrected chi connectivity index (χ4v) is 4.45. The third-order valence-electron chi connectivity index (χ3n) is 5.56. The molecule has 1 aliphatic heterocycles. The number of hydrogen-bond acceptors (Lipinski definition) is 4. The molecule has 1 aliphatic rings. The highest BCUT2D eigenvalue weighted by Gasteiger charge is 2.33. The summed E-state index contributed by atoms with van der Waals surface area (Å²) >= 11 is 6.17. The molecule has 0 aromatic heterocycles. The third-order valence-corrected chi connectivity index (χ3v) is 5.82.